The summed E-state index contributed by atoms with van der Waals surface area (Å²) in [6, 6.07) is 8.09. The molecular weight excluding hydrogens is 312 g/mol. The third kappa shape index (κ3) is 3.57. The lowest BCUT2D eigenvalue weighted by atomic mass is 10.2. The van der Waals surface area contributed by atoms with Crippen molar-refractivity contribution in [1.29, 1.82) is 0 Å². The fourth-order valence-corrected chi connectivity index (χ4v) is 3.29. The van der Waals surface area contributed by atoms with Gasteiger partial charge in [0.2, 0.25) is 0 Å². The summed E-state index contributed by atoms with van der Waals surface area (Å²) >= 11 is 6.34. The number of hydrogen-bond acceptors (Lipinski definition) is 4. The summed E-state index contributed by atoms with van der Waals surface area (Å²) in [4.78, 5) is 2.45. The lowest BCUT2D eigenvalue weighted by molar-refractivity contribution is 0.0794. The Balaban J connectivity index is 1.51. The van der Waals surface area contributed by atoms with Gasteiger partial charge >= 0.3 is 0 Å². The van der Waals surface area contributed by atoms with Crippen molar-refractivity contribution in [2.75, 3.05) is 13.2 Å². The maximum atomic E-state index is 6.34. The lowest BCUT2D eigenvalue weighted by Crippen LogP contribution is -2.28. The standard InChI is InChI=1S/C17H21ClN4O/c18-15-4-2-1-3-14(15)10-21(9-13-5-6-13)11-16-19-20-17-12-23-8-7-22(16)17/h1-4,13H,5-12H2. The molecule has 0 unspecified atom stereocenters. The number of hydrogen-bond donors (Lipinski definition) is 0. The summed E-state index contributed by atoms with van der Waals surface area (Å²) in [5.74, 6) is 2.80. The Bertz CT molecular complexity index is 683. The molecule has 1 saturated carbocycles. The molecule has 0 saturated heterocycles. The third-order valence-corrected chi connectivity index (χ3v) is 4.89. The van der Waals surface area contributed by atoms with Crippen molar-refractivity contribution < 1.29 is 4.74 Å². The van der Waals surface area contributed by atoms with Gasteiger partial charge in [0.1, 0.15) is 12.4 Å². The molecule has 122 valence electrons. The van der Waals surface area contributed by atoms with Gasteiger partial charge in [-0.05, 0) is 30.4 Å². The van der Waals surface area contributed by atoms with E-state index in [1.165, 1.54) is 18.4 Å². The molecule has 4 rings (SSSR count). The Morgan fingerprint density at radius 2 is 2.09 bits per heavy atom. The monoisotopic (exact) mass is 332 g/mol. The molecule has 2 heterocycles. The molecule has 0 radical (unpaired) electrons. The van der Waals surface area contributed by atoms with Crippen LogP contribution in [0.1, 0.15) is 30.1 Å². The number of ether oxygens (including phenoxy) is 1. The van der Waals surface area contributed by atoms with Gasteiger partial charge in [-0.15, -0.1) is 10.2 Å². The van der Waals surface area contributed by atoms with Crippen LogP contribution < -0.4 is 0 Å². The van der Waals surface area contributed by atoms with E-state index in [9.17, 15) is 0 Å². The maximum Gasteiger partial charge on any atom is 0.159 e. The van der Waals surface area contributed by atoms with Crippen LogP contribution in [-0.2, 0) is 31.0 Å². The van der Waals surface area contributed by atoms with E-state index in [2.05, 4.69) is 25.7 Å². The summed E-state index contributed by atoms with van der Waals surface area (Å²) in [6.45, 7) is 4.93. The van der Waals surface area contributed by atoms with E-state index >= 15 is 0 Å². The normalized spacial score (nSPS) is 17.5. The molecule has 0 amide bonds. The summed E-state index contributed by atoms with van der Waals surface area (Å²) in [5.41, 5.74) is 1.18. The molecule has 1 aliphatic heterocycles. The Kier molecular flexibility index (Phi) is 4.33. The molecule has 1 aromatic heterocycles. The number of rotatable bonds is 6. The van der Waals surface area contributed by atoms with Crippen LogP contribution in [-0.4, -0.2) is 32.8 Å². The van der Waals surface area contributed by atoms with Crippen molar-refractivity contribution in [1.82, 2.24) is 19.7 Å². The molecule has 0 N–H and O–H groups in total. The van der Waals surface area contributed by atoms with E-state index in [0.717, 1.165) is 55.4 Å². The van der Waals surface area contributed by atoms with Crippen molar-refractivity contribution in [2.24, 2.45) is 5.92 Å². The largest absolute Gasteiger partial charge is 0.372 e. The molecule has 1 aromatic carbocycles. The lowest BCUT2D eigenvalue weighted by Gasteiger charge is -2.23. The maximum absolute atomic E-state index is 6.34. The van der Waals surface area contributed by atoms with Crippen LogP contribution in [0.4, 0.5) is 0 Å². The zero-order chi connectivity index (χ0) is 15.6. The molecular formula is C17H21ClN4O. The van der Waals surface area contributed by atoms with Crippen molar-refractivity contribution in [3.63, 3.8) is 0 Å². The minimum Gasteiger partial charge on any atom is -0.372 e. The highest BCUT2D eigenvalue weighted by atomic mass is 35.5. The highest BCUT2D eigenvalue weighted by Gasteiger charge is 2.26. The fourth-order valence-electron chi connectivity index (χ4n) is 3.09. The van der Waals surface area contributed by atoms with Crippen LogP contribution in [0.2, 0.25) is 5.02 Å². The Morgan fingerprint density at radius 3 is 2.91 bits per heavy atom. The van der Waals surface area contributed by atoms with Crippen molar-refractivity contribution in [3.05, 3.63) is 46.5 Å². The molecule has 6 heteroatoms. The van der Waals surface area contributed by atoms with Crippen LogP contribution in [0.3, 0.4) is 0 Å². The molecule has 2 aliphatic rings. The highest BCUT2D eigenvalue weighted by Crippen LogP contribution is 2.31. The van der Waals surface area contributed by atoms with Crippen molar-refractivity contribution in [2.45, 2.75) is 39.1 Å². The van der Waals surface area contributed by atoms with E-state index in [1.54, 1.807) is 0 Å². The van der Waals surface area contributed by atoms with E-state index in [1.807, 2.05) is 18.2 Å². The fraction of sp³-hybridized carbons (Fsp3) is 0.529. The average Bonchev–Trinajstić information content (AvgIpc) is 3.29. The van der Waals surface area contributed by atoms with Crippen LogP contribution >= 0.6 is 11.6 Å². The number of aromatic nitrogens is 3. The first kappa shape index (κ1) is 15.1. The molecule has 0 bridgehead atoms. The van der Waals surface area contributed by atoms with Crippen LogP contribution in [0, 0.1) is 5.92 Å². The molecule has 5 nitrogen and oxygen atoms in total. The zero-order valence-electron chi connectivity index (χ0n) is 13.1. The molecule has 23 heavy (non-hydrogen) atoms. The molecule has 1 fully saturated rings. The van der Waals surface area contributed by atoms with Gasteiger partial charge in [0.05, 0.1) is 13.2 Å². The van der Waals surface area contributed by atoms with Crippen molar-refractivity contribution >= 4 is 11.6 Å². The molecule has 1 aliphatic carbocycles. The van der Waals surface area contributed by atoms with Crippen LogP contribution in [0.25, 0.3) is 0 Å². The summed E-state index contributed by atoms with van der Waals surface area (Å²) in [5, 5.41) is 9.49. The van der Waals surface area contributed by atoms with Gasteiger partial charge in [-0.1, -0.05) is 29.8 Å². The smallest absolute Gasteiger partial charge is 0.159 e. The van der Waals surface area contributed by atoms with E-state index < -0.39 is 0 Å². The summed E-state index contributed by atoms with van der Waals surface area (Å²) in [7, 11) is 0. The Hall–Kier alpha value is -1.43. The first-order chi connectivity index (χ1) is 11.3. The topological polar surface area (TPSA) is 43.2 Å². The SMILES string of the molecule is Clc1ccccc1CN(Cc1nnc2n1CCOC2)CC1CC1. The van der Waals surface area contributed by atoms with Crippen molar-refractivity contribution in [3.8, 4) is 0 Å². The second-order valence-corrected chi connectivity index (χ2v) is 6.85. The molecule has 0 atom stereocenters. The number of halogens is 1. The van der Waals surface area contributed by atoms with Gasteiger partial charge in [-0.25, -0.2) is 0 Å². The van der Waals surface area contributed by atoms with Gasteiger partial charge < -0.3 is 9.30 Å². The highest BCUT2D eigenvalue weighted by molar-refractivity contribution is 6.31. The number of nitrogens with zero attached hydrogens (tertiary/aromatic N) is 4. The van der Waals surface area contributed by atoms with E-state index in [4.69, 9.17) is 16.3 Å². The minimum atomic E-state index is 0.570. The number of benzene rings is 1. The Morgan fingerprint density at radius 1 is 1.22 bits per heavy atom. The van der Waals surface area contributed by atoms with Gasteiger partial charge in [-0.2, -0.15) is 0 Å². The third-order valence-electron chi connectivity index (χ3n) is 4.52. The van der Waals surface area contributed by atoms with E-state index in [0.29, 0.717) is 6.61 Å². The second kappa shape index (κ2) is 6.59. The minimum absolute atomic E-state index is 0.570. The van der Waals surface area contributed by atoms with Gasteiger partial charge in [0.15, 0.2) is 5.82 Å². The first-order valence-corrected chi connectivity index (χ1v) is 8.62. The van der Waals surface area contributed by atoms with E-state index in [-0.39, 0.29) is 0 Å². The summed E-state index contributed by atoms with van der Waals surface area (Å²) < 4.78 is 7.65. The molecule has 0 spiro atoms. The molecule has 2 aromatic rings. The predicted octanol–water partition coefficient (Wildman–Crippen LogP) is 2.87. The van der Waals surface area contributed by atoms with Crippen LogP contribution in [0.5, 0.6) is 0 Å². The number of fused-ring (bicyclic) bond motifs is 1. The first-order valence-electron chi connectivity index (χ1n) is 8.24. The summed E-state index contributed by atoms with van der Waals surface area (Å²) in [6.07, 6.45) is 2.68. The predicted molar refractivity (Wildman–Crippen MR) is 88.0 cm³/mol. The quantitative estimate of drug-likeness (QED) is 0.816. The second-order valence-electron chi connectivity index (χ2n) is 6.44. The van der Waals surface area contributed by atoms with Gasteiger partial charge in [-0.3, -0.25) is 4.90 Å². The van der Waals surface area contributed by atoms with Gasteiger partial charge in [0, 0.05) is 24.7 Å². The average molecular weight is 333 g/mol. The van der Waals surface area contributed by atoms with Gasteiger partial charge in [0.25, 0.3) is 0 Å². The zero-order valence-corrected chi connectivity index (χ0v) is 13.9. The Labute approximate surface area is 141 Å². The van der Waals surface area contributed by atoms with Crippen LogP contribution in [0.15, 0.2) is 24.3 Å².